The van der Waals surface area contributed by atoms with Crippen LogP contribution in [-0.4, -0.2) is 47.5 Å². The molecule has 1 atom stereocenters. The van der Waals surface area contributed by atoms with Crippen LogP contribution in [-0.2, 0) is 16.1 Å². The van der Waals surface area contributed by atoms with E-state index in [1.165, 1.54) is 15.9 Å². The van der Waals surface area contributed by atoms with Crippen molar-refractivity contribution in [2.45, 2.75) is 26.5 Å². The van der Waals surface area contributed by atoms with Gasteiger partial charge in [-0.05, 0) is 32.0 Å². The molecule has 3 rings (SSSR count). The fraction of sp³-hybridized carbons (Fsp3) is 0.316. The van der Waals surface area contributed by atoms with Gasteiger partial charge in [-0.25, -0.2) is 4.79 Å². The number of furan rings is 1. The molecule has 27 heavy (non-hydrogen) atoms. The van der Waals surface area contributed by atoms with E-state index >= 15 is 0 Å². The lowest BCUT2D eigenvalue weighted by molar-refractivity contribution is -0.132. The van der Waals surface area contributed by atoms with E-state index in [-0.39, 0.29) is 36.2 Å². The van der Waals surface area contributed by atoms with Crippen LogP contribution in [0.15, 0.2) is 34.7 Å². The van der Waals surface area contributed by atoms with Crippen LogP contribution in [0.5, 0.6) is 5.75 Å². The molecule has 1 aliphatic heterocycles. The second-order valence-electron chi connectivity index (χ2n) is 6.39. The third kappa shape index (κ3) is 3.64. The van der Waals surface area contributed by atoms with Crippen LogP contribution in [0.2, 0.25) is 0 Å². The van der Waals surface area contributed by atoms with Gasteiger partial charge in [-0.15, -0.1) is 0 Å². The molecule has 8 heteroatoms. The summed E-state index contributed by atoms with van der Waals surface area (Å²) in [6.07, 6.45) is -0.677. The molecule has 0 unspecified atom stereocenters. The van der Waals surface area contributed by atoms with Crippen molar-refractivity contribution >= 4 is 23.5 Å². The molecule has 2 amide bonds. The molecule has 0 aliphatic carbocycles. The molecule has 1 aromatic heterocycles. The molecule has 0 saturated carbocycles. The number of carbonyl (C=O) groups is 3. The first-order chi connectivity index (χ1) is 12.8. The van der Waals surface area contributed by atoms with Crippen molar-refractivity contribution in [1.82, 2.24) is 4.90 Å². The molecule has 2 aromatic rings. The Morgan fingerprint density at radius 3 is 2.67 bits per heavy atom. The highest BCUT2D eigenvalue weighted by atomic mass is 16.5. The Labute approximate surface area is 155 Å². The van der Waals surface area contributed by atoms with Crippen LogP contribution < -0.4 is 9.64 Å². The van der Waals surface area contributed by atoms with Crippen molar-refractivity contribution in [1.29, 1.82) is 0 Å². The molecular formula is C19H20N2O6. The van der Waals surface area contributed by atoms with Crippen LogP contribution in [0.3, 0.4) is 0 Å². The molecule has 0 radical (unpaired) electrons. The van der Waals surface area contributed by atoms with E-state index in [0.717, 1.165) is 0 Å². The van der Waals surface area contributed by atoms with Crippen LogP contribution in [0.25, 0.3) is 0 Å². The first kappa shape index (κ1) is 18.5. The topological polar surface area (TPSA) is 100 Å². The van der Waals surface area contributed by atoms with Gasteiger partial charge < -0.3 is 19.2 Å². The van der Waals surface area contributed by atoms with Gasteiger partial charge in [0, 0.05) is 7.05 Å². The molecule has 0 spiro atoms. The van der Waals surface area contributed by atoms with Gasteiger partial charge in [0.15, 0.2) is 6.10 Å². The zero-order chi connectivity index (χ0) is 19.7. The summed E-state index contributed by atoms with van der Waals surface area (Å²) in [7, 11) is 1.57. The van der Waals surface area contributed by atoms with Gasteiger partial charge in [-0.3, -0.25) is 14.5 Å². The first-order valence-electron chi connectivity index (χ1n) is 8.41. The quantitative estimate of drug-likeness (QED) is 0.862. The van der Waals surface area contributed by atoms with Gasteiger partial charge in [0.05, 0.1) is 12.2 Å². The second-order valence-corrected chi connectivity index (χ2v) is 6.39. The summed E-state index contributed by atoms with van der Waals surface area (Å²) in [5.41, 5.74) is 0.612. The maximum Gasteiger partial charge on any atom is 0.339 e. The monoisotopic (exact) mass is 372 g/mol. The Bertz CT molecular complexity index is 903. The zero-order valence-corrected chi connectivity index (χ0v) is 15.3. The summed E-state index contributed by atoms with van der Waals surface area (Å²) in [6.45, 7) is 3.15. The Hall–Kier alpha value is -3.29. The number of ether oxygens (including phenoxy) is 1. The summed E-state index contributed by atoms with van der Waals surface area (Å²) < 4.78 is 11.0. The first-order valence-corrected chi connectivity index (χ1v) is 8.41. The molecule has 8 nitrogen and oxygen atoms in total. The lowest BCUT2D eigenvalue weighted by Gasteiger charge is -2.33. The summed E-state index contributed by atoms with van der Waals surface area (Å²) in [4.78, 5) is 39.0. The number of fused-ring (bicyclic) bond motifs is 1. The Morgan fingerprint density at radius 2 is 2.00 bits per heavy atom. The highest BCUT2D eigenvalue weighted by Gasteiger charge is 2.33. The minimum Gasteiger partial charge on any atom is -0.479 e. The predicted octanol–water partition coefficient (Wildman–Crippen LogP) is 2.06. The van der Waals surface area contributed by atoms with Crippen LogP contribution in [0.1, 0.15) is 28.8 Å². The van der Waals surface area contributed by atoms with Gasteiger partial charge >= 0.3 is 5.97 Å². The number of carbonyl (C=O) groups excluding carboxylic acids is 2. The summed E-state index contributed by atoms with van der Waals surface area (Å²) >= 11 is 0. The predicted molar refractivity (Wildman–Crippen MR) is 95.8 cm³/mol. The van der Waals surface area contributed by atoms with Gasteiger partial charge in [0.1, 0.15) is 29.4 Å². The molecule has 142 valence electrons. The molecule has 0 bridgehead atoms. The summed E-state index contributed by atoms with van der Waals surface area (Å²) in [5.74, 6) is -0.489. The number of para-hydroxylation sites is 2. The summed E-state index contributed by atoms with van der Waals surface area (Å²) in [5, 5.41) is 9.09. The van der Waals surface area contributed by atoms with Crippen molar-refractivity contribution in [3.05, 3.63) is 47.4 Å². The normalized spacial score (nSPS) is 15.9. The number of hydrogen-bond acceptors (Lipinski definition) is 5. The lowest BCUT2D eigenvalue weighted by Crippen LogP contribution is -2.48. The second kappa shape index (κ2) is 7.14. The van der Waals surface area contributed by atoms with Crippen LogP contribution in [0, 0.1) is 6.92 Å². The minimum atomic E-state index is -1.08. The third-order valence-electron chi connectivity index (χ3n) is 4.38. The molecule has 2 heterocycles. The van der Waals surface area contributed by atoms with E-state index < -0.39 is 12.1 Å². The number of nitrogens with zero attached hydrogens (tertiary/aromatic N) is 2. The molecule has 1 N–H and O–H groups in total. The average molecular weight is 372 g/mol. The number of aromatic carboxylic acids is 1. The standard InChI is InChI=1S/C19H20N2O6/c1-11-14(19(24)25)8-13(26-11)9-20(3)17(22)10-21-15-6-4-5-7-16(15)27-12(2)18(21)23/h4-8,12H,9-10H2,1-3H3,(H,24,25)/t12-/m1/s1. The zero-order valence-electron chi connectivity index (χ0n) is 15.3. The highest BCUT2D eigenvalue weighted by Crippen LogP contribution is 2.33. The van der Waals surface area contributed by atoms with Crippen molar-refractivity contribution in [3.8, 4) is 5.75 Å². The average Bonchev–Trinajstić information content (AvgIpc) is 2.99. The Morgan fingerprint density at radius 1 is 1.30 bits per heavy atom. The van der Waals surface area contributed by atoms with E-state index in [1.807, 2.05) is 0 Å². The number of benzene rings is 1. The Kier molecular flexibility index (Phi) is 4.89. The van der Waals surface area contributed by atoms with E-state index in [1.54, 1.807) is 45.2 Å². The molecular weight excluding hydrogens is 352 g/mol. The van der Waals surface area contributed by atoms with Gasteiger partial charge in [-0.1, -0.05) is 12.1 Å². The van der Waals surface area contributed by atoms with E-state index in [4.69, 9.17) is 14.3 Å². The fourth-order valence-corrected chi connectivity index (χ4v) is 2.93. The van der Waals surface area contributed by atoms with Crippen molar-refractivity contribution in [2.75, 3.05) is 18.5 Å². The lowest BCUT2D eigenvalue weighted by atomic mass is 10.2. The molecule has 1 aliphatic rings. The van der Waals surface area contributed by atoms with Crippen LogP contribution >= 0.6 is 0 Å². The number of likely N-dealkylation sites (N-methyl/N-ethyl adjacent to an activating group) is 1. The van der Waals surface area contributed by atoms with Crippen molar-refractivity contribution in [3.63, 3.8) is 0 Å². The van der Waals surface area contributed by atoms with Crippen molar-refractivity contribution < 1.29 is 28.6 Å². The number of anilines is 1. The number of aryl methyl sites for hydroxylation is 1. The molecule has 0 fully saturated rings. The minimum absolute atomic E-state index is 0.0666. The largest absolute Gasteiger partial charge is 0.479 e. The van der Waals surface area contributed by atoms with E-state index in [0.29, 0.717) is 17.2 Å². The SMILES string of the molecule is Cc1oc(CN(C)C(=O)CN2C(=O)[C@@H](C)Oc3ccccc32)cc1C(=O)O. The Balaban J connectivity index is 1.74. The number of amides is 2. The van der Waals surface area contributed by atoms with Gasteiger partial charge in [0.25, 0.3) is 5.91 Å². The number of carboxylic acids is 1. The maximum atomic E-state index is 12.6. The number of hydrogen-bond donors (Lipinski definition) is 1. The van der Waals surface area contributed by atoms with E-state index in [2.05, 4.69) is 0 Å². The number of carboxylic acid groups (broad SMARTS) is 1. The van der Waals surface area contributed by atoms with E-state index in [9.17, 15) is 14.4 Å². The third-order valence-corrected chi connectivity index (χ3v) is 4.38. The number of rotatable bonds is 5. The van der Waals surface area contributed by atoms with Gasteiger partial charge in [0.2, 0.25) is 5.91 Å². The van der Waals surface area contributed by atoms with Crippen molar-refractivity contribution in [2.24, 2.45) is 0 Å². The summed E-state index contributed by atoms with van der Waals surface area (Å²) in [6, 6.07) is 8.44. The molecule has 1 aromatic carbocycles. The fourth-order valence-electron chi connectivity index (χ4n) is 2.93. The molecule has 0 saturated heterocycles. The van der Waals surface area contributed by atoms with Gasteiger partial charge in [-0.2, -0.15) is 0 Å². The smallest absolute Gasteiger partial charge is 0.339 e. The highest BCUT2D eigenvalue weighted by molar-refractivity contribution is 6.03. The van der Waals surface area contributed by atoms with Crippen LogP contribution in [0.4, 0.5) is 5.69 Å². The maximum absolute atomic E-state index is 12.6.